The van der Waals surface area contributed by atoms with Crippen molar-refractivity contribution in [1.29, 1.82) is 0 Å². The van der Waals surface area contributed by atoms with E-state index in [4.69, 9.17) is 4.74 Å². The van der Waals surface area contributed by atoms with Gasteiger partial charge in [0.2, 0.25) is 0 Å². The van der Waals surface area contributed by atoms with E-state index in [1.165, 1.54) is 16.3 Å². The van der Waals surface area contributed by atoms with Gasteiger partial charge in [-0.25, -0.2) is 0 Å². The average Bonchev–Trinajstić information content (AvgIpc) is 3.33. The molecule has 6 nitrogen and oxygen atoms in total. The molecule has 4 rings (SSSR count). The first-order chi connectivity index (χ1) is 14.3. The molecule has 156 valence electrons. The first-order valence-electron chi connectivity index (χ1n) is 10.5. The molecular weight excluding hydrogens is 382 g/mol. The van der Waals surface area contributed by atoms with Gasteiger partial charge in [-0.2, -0.15) is 0 Å². The number of ether oxygens (including phenoxy) is 1. The minimum atomic E-state index is 0.473. The number of morpholine rings is 1. The number of nitrogens with zero attached hydrogens (tertiary/aromatic N) is 3. The molecule has 0 aliphatic carbocycles. The van der Waals surface area contributed by atoms with Gasteiger partial charge >= 0.3 is 0 Å². The number of benzene rings is 1. The van der Waals surface area contributed by atoms with Crippen molar-refractivity contribution in [3.05, 3.63) is 47.3 Å². The maximum Gasteiger partial charge on any atom is 0.191 e. The molecule has 0 spiro atoms. The number of hydrogen-bond donors (Lipinski definition) is 2. The van der Waals surface area contributed by atoms with Gasteiger partial charge in [0.05, 0.1) is 18.2 Å². The maximum absolute atomic E-state index is 5.44. The van der Waals surface area contributed by atoms with Gasteiger partial charge in [-0.1, -0.05) is 12.1 Å². The SMILES string of the molecule is CN=C(NCc1ccc(N2CCOCC2)cc1)NC1CCN(c2cccs2)CC1. The Balaban J connectivity index is 1.22. The third-order valence-electron chi connectivity index (χ3n) is 5.65. The highest BCUT2D eigenvalue weighted by Gasteiger charge is 2.20. The summed E-state index contributed by atoms with van der Waals surface area (Å²) < 4.78 is 5.44. The molecule has 2 fully saturated rings. The molecule has 0 saturated carbocycles. The van der Waals surface area contributed by atoms with Crippen molar-refractivity contribution >= 4 is 28.0 Å². The Labute approximate surface area is 177 Å². The van der Waals surface area contributed by atoms with Gasteiger partial charge in [0.25, 0.3) is 0 Å². The summed E-state index contributed by atoms with van der Waals surface area (Å²) in [6, 6.07) is 13.6. The van der Waals surface area contributed by atoms with E-state index in [9.17, 15) is 0 Å². The van der Waals surface area contributed by atoms with Gasteiger partial charge in [-0.05, 0) is 48.1 Å². The van der Waals surface area contributed by atoms with E-state index >= 15 is 0 Å². The molecule has 0 unspecified atom stereocenters. The molecule has 3 heterocycles. The van der Waals surface area contributed by atoms with Crippen LogP contribution in [0, 0.1) is 0 Å². The lowest BCUT2D eigenvalue weighted by molar-refractivity contribution is 0.122. The van der Waals surface area contributed by atoms with Crippen LogP contribution in [0.5, 0.6) is 0 Å². The van der Waals surface area contributed by atoms with Crippen molar-refractivity contribution in [2.75, 3.05) is 56.2 Å². The minimum absolute atomic E-state index is 0.473. The molecule has 1 aromatic carbocycles. The molecule has 0 amide bonds. The molecule has 2 saturated heterocycles. The molecule has 0 bridgehead atoms. The molecule has 2 aromatic rings. The Kier molecular flexibility index (Phi) is 6.90. The summed E-state index contributed by atoms with van der Waals surface area (Å²) in [5.41, 5.74) is 2.54. The average molecular weight is 414 g/mol. The third kappa shape index (κ3) is 5.42. The number of thiophene rings is 1. The zero-order chi connectivity index (χ0) is 19.9. The second kappa shape index (κ2) is 9.98. The summed E-state index contributed by atoms with van der Waals surface area (Å²) in [7, 11) is 1.84. The minimum Gasteiger partial charge on any atom is -0.378 e. The zero-order valence-corrected chi connectivity index (χ0v) is 18.0. The predicted molar refractivity (Wildman–Crippen MR) is 122 cm³/mol. The zero-order valence-electron chi connectivity index (χ0n) is 17.1. The maximum atomic E-state index is 5.44. The Bertz CT molecular complexity index is 763. The van der Waals surface area contributed by atoms with Crippen LogP contribution in [0.15, 0.2) is 46.8 Å². The van der Waals surface area contributed by atoms with E-state index in [0.29, 0.717) is 6.04 Å². The molecule has 29 heavy (non-hydrogen) atoms. The molecule has 0 radical (unpaired) electrons. The monoisotopic (exact) mass is 413 g/mol. The standard InChI is InChI=1S/C22H31N5OS/c1-23-22(25-19-8-10-27(11-9-19)21-3-2-16-29-21)24-17-18-4-6-20(7-5-18)26-12-14-28-15-13-26/h2-7,16,19H,8-15,17H2,1H3,(H2,23,24,25). The second-order valence-corrected chi connectivity index (χ2v) is 8.47. The summed E-state index contributed by atoms with van der Waals surface area (Å²) >= 11 is 1.82. The highest BCUT2D eigenvalue weighted by atomic mass is 32.1. The topological polar surface area (TPSA) is 52.1 Å². The van der Waals surface area contributed by atoms with Crippen molar-refractivity contribution in [3.63, 3.8) is 0 Å². The van der Waals surface area contributed by atoms with Gasteiger partial charge < -0.3 is 25.2 Å². The lowest BCUT2D eigenvalue weighted by Crippen LogP contribution is -2.48. The van der Waals surface area contributed by atoms with Crippen LogP contribution in [0.25, 0.3) is 0 Å². The highest BCUT2D eigenvalue weighted by molar-refractivity contribution is 7.14. The summed E-state index contributed by atoms with van der Waals surface area (Å²) in [4.78, 5) is 9.28. The first kappa shape index (κ1) is 20.0. The van der Waals surface area contributed by atoms with E-state index in [1.807, 2.05) is 18.4 Å². The number of piperidine rings is 1. The van der Waals surface area contributed by atoms with Crippen LogP contribution in [0.4, 0.5) is 10.7 Å². The fourth-order valence-electron chi connectivity index (χ4n) is 3.91. The summed E-state index contributed by atoms with van der Waals surface area (Å²) in [5, 5.41) is 10.6. The fraction of sp³-hybridized carbons (Fsp3) is 0.500. The molecule has 0 atom stereocenters. The number of hydrogen-bond acceptors (Lipinski definition) is 5. The van der Waals surface area contributed by atoms with Crippen LogP contribution in [0.2, 0.25) is 0 Å². The Morgan fingerprint density at radius 3 is 2.48 bits per heavy atom. The van der Waals surface area contributed by atoms with Crippen LogP contribution >= 0.6 is 11.3 Å². The van der Waals surface area contributed by atoms with E-state index in [-0.39, 0.29) is 0 Å². The molecule has 2 aliphatic rings. The van der Waals surface area contributed by atoms with Crippen molar-refractivity contribution in [2.45, 2.75) is 25.4 Å². The fourth-order valence-corrected chi connectivity index (χ4v) is 4.70. The van der Waals surface area contributed by atoms with Crippen LogP contribution < -0.4 is 20.4 Å². The van der Waals surface area contributed by atoms with Crippen molar-refractivity contribution in [3.8, 4) is 0 Å². The Morgan fingerprint density at radius 2 is 1.83 bits per heavy atom. The third-order valence-corrected chi connectivity index (χ3v) is 6.58. The molecule has 2 aliphatic heterocycles. The van der Waals surface area contributed by atoms with E-state index in [2.05, 4.69) is 67.2 Å². The molecule has 7 heteroatoms. The summed E-state index contributed by atoms with van der Waals surface area (Å²) in [6.07, 6.45) is 2.26. The quantitative estimate of drug-likeness (QED) is 0.583. The number of anilines is 2. The van der Waals surface area contributed by atoms with Crippen LogP contribution in [-0.2, 0) is 11.3 Å². The Hall–Kier alpha value is -2.25. The summed E-state index contributed by atoms with van der Waals surface area (Å²) in [6.45, 7) is 6.54. The number of rotatable bonds is 5. The Morgan fingerprint density at radius 1 is 1.07 bits per heavy atom. The van der Waals surface area contributed by atoms with Gasteiger partial charge in [0.15, 0.2) is 5.96 Å². The van der Waals surface area contributed by atoms with Gasteiger partial charge in [-0.3, -0.25) is 4.99 Å². The number of nitrogens with one attached hydrogen (secondary N) is 2. The van der Waals surface area contributed by atoms with Gasteiger partial charge in [-0.15, -0.1) is 11.3 Å². The van der Waals surface area contributed by atoms with Crippen molar-refractivity contribution in [2.24, 2.45) is 4.99 Å². The molecule has 2 N–H and O–H groups in total. The molecular formula is C22H31N5OS. The second-order valence-electron chi connectivity index (χ2n) is 7.55. The van der Waals surface area contributed by atoms with Crippen LogP contribution in [0.1, 0.15) is 18.4 Å². The summed E-state index contributed by atoms with van der Waals surface area (Å²) in [5.74, 6) is 0.886. The lowest BCUT2D eigenvalue weighted by Gasteiger charge is -2.33. The first-order valence-corrected chi connectivity index (χ1v) is 11.4. The van der Waals surface area contributed by atoms with Gasteiger partial charge in [0.1, 0.15) is 0 Å². The normalized spacial score (nSPS) is 18.7. The smallest absolute Gasteiger partial charge is 0.191 e. The lowest BCUT2D eigenvalue weighted by atomic mass is 10.1. The number of guanidine groups is 1. The molecule has 1 aromatic heterocycles. The largest absolute Gasteiger partial charge is 0.378 e. The van der Waals surface area contributed by atoms with Gasteiger partial charge in [0, 0.05) is 51.5 Å². The number of aliphatic imine (C=N–C) groups is 1. The van der Waals surface area contributed by atoms with E-state index in [1.54, 1.807) is 0 Å². The van der Waals surface area contributed by atoms with E-state index < -0.39 is 0 Å². The van der Waals surface area contributed by atoms with Crippen molar-refractivity contribution < 1.29 is 4.74 Å². The highest BCUT2D eigenvalue weighted by Crippen LogP contribution is 2.24. The van der Waals surface area contributed by atoms with Crippen molar-refractivity contribution in [1.82, 2.24) is 10.6 Å². The van der Waals surface area contributed by atoms with Crippen LogP contribution in [-0.4, -0.2) is 58.4 Å². The predicted octanol–water partition coefficient (Wildman–Crippen LogP) is 2.92. The van der Waals surface area contributed by atoms with Crippen LogP contribution in [0.3, 0.4) is 0 Å². The van der Waals surface area contributed by atoms with E-state index in [0.717, 1.165) is 64.7 Å².